The maximum atomic E-state index is 10.2. The third-order valence-electron chi connectivity index (χ3n) is 2.45. The predicted molar refractivity (Wildman–Crippen MR) is 48.9 cm³/mol. The fraction of sp³-hybridized carbons (Fsp3) is 0.667. The Labute approximate surface area is 81.9 Å². The summed E-state index contributed by atoms with van der Waals surface area (Å²) in [6.45, 7) is 2.00. The zero-order chi connectivity index (χ0) is 9.80. The molecule has 0 aromatic carbocycles. The average molecular weight is 195 g/mol. The Hall–Kier alpha value is -1.23. The van der Waals surface area contributed by atoms with Crippen LogP contribution in [-0.4, -0.2) is 29.5 Å². The Bertz CT molecular complexity index is 305. The lowest BCUT2D eigenvalue weighted by Gasteiger charge is -2.18. The summed E-state index contributed by atoms with van der Waals surface area (Å²) in [6, 6.07) is 0. The summed E-state index contributed by atoms with van der Waals surface area (Å²) in [7, 11) is 0. The van der Waals surface area contributed by atoms with E-state index in [2.05, 4.69) is 15.5 Å². The number of rotatable bonds is 3. The van der Waals surface area contributed by atoms with E-state index in [9.17, 15) is 4.79 Å². The Morgan fingerprint density at radius 1 is 1.50 bits per heavy atom. The molecular weight excluding hydrogens is 182 g/mol. The number of nitrogens with one attached hydrogen (secondary N) is 1. The molecule has 2 heterocycles. The van der Waals surface area contributed by atoms with Crippen LogP contribution in [0.15, 0.2) is 4.52 Å². The van der Waals surface area contributed by atoms with Gasteiger partial charge in [0.2, 0.25) is 5.89 Å². The van der Waals surface area contributed by atoms with E-state index < -0.39 is 0 Å². The van der Waals surface area contributed by atoms with Crippen LogP contribution >= 0.6 is 0 Å². The average Bonchev–Trinajstić information content (AvgIpc) is 2.68. The van der Waals surface area contributed by atoms with Crippen LogP contribution in [0, 0.1) is 0 Å². The molecule has 14 heavy (non-hydrogen) atoms. The second kappa shape index (κ2) is 4.32. The van der Waals surface area contributed by atoms with Crippen LogP contribution in [-0.2, 0) is 11.2 Å². The first-order chi connectivity index (χ1) is 6.90. The monoisotopic (exact) mass is 195 g/mol. The summed E-state index contributed by atoms with van der Waals surface area (Å²) in [6.07, 6.45) is 3.08. The molecule has 5 nitrogen and oxygen atoms in total. The molecule has 1 aromatic rings. The molecule has 0 bridgehead atoms. The Kier molecular flexibility index (Phi) is 2.88. The smallest absolute Gasteiger partial charge is 0.233 e. The molecule has 5 heteroatoms. The van der Waals surface area contributed by atoms with Crippen LogP contribution in [0.25, 0.3) is 0 Å². The fourth-order valence-corrected chi connectivity index (χ4v) is 1.67. The Balaban J connectivity index is 2.03. The molecule has 1 aliphatic heterocycles. The van der Waals surface area contributed by atoms with Crippen molar-refractivity contribution >= 4 is 6.29 Å². The zero-order valence-electron chi connectivity index (χ0n) is 7.90. The number of aldehydes is 1. The van der Waals surface area contributed by atoms with Gasteiger partial charge in [-0.3, -0.25) is 0 Å². The lowest BCUT2D eigenvalue weighted by Crippen LogP contribution is -2.27. The van der Waals surface area contributed by atoms with Crippen LogP contribution in [0.5, 0.6) is 0 Å². The van der Waals surface area contributed by atoms with Gasteiger partial charge in [-0.05, 0) is 25.9 Å². The largest absolute Gasteiger partial charge is 0.339 e. The highest BCUT2D eigenvalue weighted by molar-refractivity contribution is 5.52. The molecular formula is C9H13N3O2. The first-order valence-corrected chi connectivity index (χ1v) is 4.87. The molecule has 1 N–H and O–H groups in total. The van der Waals surface area contributed by atoms with Crippen molar-refractivity contribution in [1.82, 2.24) is 15.5 Å². The molecule has 0 atom stereocenters. The minimum atomic E-state index is 0.220. The number of hydrogen-bond donors (Lipinski definition) is 1. The van der Waals surface area contributed by atoms with Crippen molar-refractivity contribution in [2.45, 2.75) is 25.2 Å². The number of carbonyl (C=O) groups is 1. The number of carbonyl (C=O) groups excluding carboxylic acids is 1. The van der Waals surface area contributed by atoms with Crippen LogP contribution in [0.4, 0.5) is 0 Å². The summed E-state index contributed by atoms with van der Waals surface area (Å²) < 4.78 is 4.95. The van der Waals surface area contributed by atoms with Gasteiger partial charge in [0, 0.05) is 5.92 Å². The molecule has 1 aliphatic rings. The molecule has 76 valence electrons. The summed E-state index contributed by atoms with van der Waals surface area (Å²) in [5, 5.41) is 7.16. The van der Waals surface area contributed by atoms with Crippen molar-refractivity contribution in [3.05, 3.63) is 11.7 Å². The predicted octanol–water partition coefficient (Wildman–Crippen LogP) is 0.278. The molecule has 1 aromatic heterocycles. The Morgan fingerprint density at radius 2 is 2.29 bits per heavy atom. The van der Waals surface area contributed by atoms with Gasteiger partial charge in [0.05, 0.1) is 6.42 Å². The summed E-state index contributed by atoms with van der Waals surface area (Å²) in [4.78, 5) is 14.4. The molecule has 0 aliphatic carbocycles. The van der Waals surface area contributed by atoms with Gasteiger partial charge >= 0.3 is 0 Å². The minimum Gasteiger partial charge on any atom is -0.339 e. The van der Waals surface area contributed by atoms with E-state index in [1.165, 1.54) is 0 Å². The highest BCUT2D eigenvalue weighted by Gasteiger charge is 2.20. The number of hydrogen-bond acceptors (Lipinski definition) is 5. The van der Waals surface area contributed by atoms with Crippen LogP contribution in [0.3, 0.4) is 0 Å². The van der Waals surface area contributed by atoms with E-state index in [0.717, 1.165) is 38.0 Å². The summed E-state index contributed by atoms with van der Waals surface area (Å²) in [5.74, 6) is 1.57. The van der Waals surface area contributed by atoms with Crippen molar-refractivity contribution in [1.29, 1.82) is 0 Å². The summed E-state index contributed by atoms with van der Waals surface area (Å²) >= 11 is 0. The van der Waals surface area contributed by atoms with Crippen LogP contribution in [0.1, 0.15) is 30.5 Å². The third kappa shape index (κ3) is 1.98. The van der Waals surface area contributed by atoms with Gasteiger partial charge in [-0.2, -0.15) is 4.98 Å². The number of aromatic nitrogens is 2. The quantitative estimate of drug-likeness (QED) is 0.701. The van der Waals surface area contributed by atoms with Gasteiger partial charge in [0.15, 0.2) is 5.82 Å². The van der Waals surface area contributed by atoms with E-state index >= 15 is 0 Å². The van der Waals surface area contributed by atoms with E-state index in [1.807, 2.05) is 0 Å². The van der Waals surface area contributed by atoms with Crippen LogP contribution in [0.2, 0.25) is 0 Å². The van der Waals surface area contributed by atoms with Gasteiger partial charge < -0.3 is 14.6 Å². The lowest BCUT2D eigenvalue weighted by atomic mass is 9.98. The number of piperidine rings is 1. The SMILES string of the molecule is O=CCc1nc(C2CCNCC2)no1. The highest BCUT2D eigenvalue weighted by atomic mass is 16.5. The lowest BCUT2D eigenvalue weighted by molar-refractivity contribution is -0.107. The standard InChI is InChI=1S/C9H13N3O2/c13-6-3-8-11-9(12-14-8)7-1-4-10-5-2-7/h6-7,10H,1-5H2. The van der Waals surface area contributed by atoms with E-state index in [-0.39, 0.29) is 6.42 Å². The maximum absolute atomic E-state index is 10.2. The highest BCUT2D eigenvalue weighted by Crippen LogP contribution is 2.22. The van der Waals surface area contributed by atoms with Crippen molar-refractivity contribution in [2.75, 3.05) is 13.1 Å². The van der Waals surface area contributed by atoms with Gasteiger partial charge in [-0.15, -0.1) is 0 Å². The van der Waals surface area contributed by atoms with Crippen molar-refractivity contribution < 1.29 is 9.32 Å². The van der Waals surface area contributed by atoms with Gasteiger partial charge in [0.1, 0.15) is 6.29 Å². The second-order valence-electron chi connectivity index (χ2n) is 3.44. The van der Waals surface area contributed by atoms with Gasteiger partial charge in [-0.25, -0.2) is 0 Å². The van der Waals surface area contributed by atoms with E-state index in [4.69, 9.17) is 4.52 Å². The van der Waals surface area contributed by atoms with Crippen LogP contribution < -0.4 is 5.32 Å². The molecule has 0 amide bonds. The normalized spacial score (nSPS) is 18.3. The van der Waals surface area contributed by atoms with Gasteiger partial charge in [0.25, 0.3) is 0 Å². The maximum Gasteiger partial charge on any atom is 0.233 e. The number of nitrogens with zero attached hydrogens (tertiary/aromatic N) is 2. The van der Waals surface area contributed by atoms with E-state index in [0.29, 0.717) is 11.8 Å². The molecule has 0 saturated carbocycles. The van der Waals surface area contributed by atoms with Crippen molar-refractivity contribution in [3.8, 4) is 0 Å². The molecule has 1 fully saturated rings. The van der Waals surface area contributed by atoms with E-state index in [1.54, 1.807) is 0 Å². The molecule has 2 rings (SSSR count). The molecule has 1 saturated heterocycles. The second-order valence-corrected chi connectivity index (χ2v) is 3.44. The summed E-state index contributed by atoms with van der Waals surface area (Å²) in [5.41, 5.74) is 0. The molecule has 0 spiro atoms. The third-order valence-corrected chi connectivity index (χ3v) is 2.45. The van der Waals surface area contributed by atoms with Crippen molar-refractivity contribution in [3.63, 3.8) is 0 Å². The molecule has 0 radical (unpaired) electrons. The first kappa shape index (κ1) is 9.33. The topological polar surface area (TPSA) is 68.0 Å². The minimum absolute atomic E-state index is 0.220. The first-order valence-electron chi connectivity index (χ1n) is 4.87. The zero-order valence-corrected chi connectivity index (χ0v) is 7.90. The van der Waals surface area contributed by atoms with Gasteiger partial charge in [-0.1, -0.05) is 5.16 Å². The van der Waals surface area contributed by atoms with Crippen molar-refractivity contribution in [2.24, 2.45) is 0 Å². The molecule has 0 unspecified atom stereocenters. The Morgan fingerprint density at radius 3 is 3.00 bits per heavy atom. The fourth-order valence-electron chi connectivity index (χ4n) is 1.67.